The van der Waals surface area contributed by atoms with Crippen LogP contribution in [-0.2, 0) is 0 Å². The van der Waals surface area contributed by atoms with Gasteiger partial charge in [0.2, 0.25) is 0 Å². The largest absolute Gasteiger partial charge is 0.335 e. The Morgan fingerprint density at radius 3 is 2.80 bits per heavy atom. The maximum atomic E-state index is 12.8. The molecule has 1 N–H and O–H groups in total. The molecule has 1 aliphatic rings. The summed E-state index contributed by atoms with van der Waals surface area (Å²) >= 11 is 1.63. The fraction of sp³-hybridized carbons (Fsp3) is 0.562. The molecule has 0 spiro atoms. The molecule has 1 atom stereocenters. The van der Waals surface area contributed by atoms with Crippen LogP contribution in [0.3, 0.4) is 0 Å². The zero-order valence-corrected chi connectivity index (χ0v) is 13.4. The van der Waals surface area contributed by atoms with Gasteiger partial charge in [-0.3, -0.25) is 4.79 Å². The van der Waals surface area contributed by atoms with Gasteiger partial charge in [-0.25, -0.2) is 0 Å². The summed E-state index contributed by atoms with van der Waals surface area (Å²) in [6.07, 6.45) is 4.40. The first-order valence-electron chi connectivity index (χ1n) is 7.31. The Morgan fingerprint density at radius 2 is 2.20 bits per heavy atom. The lowest BCUT2D eigenvalue weighted by Crippen LogP contribution is -2.44. The van der Waals surface area contributed by atoms with Gasteiger partial charge < -0.3 is 10.2 Å². The van der Waals surface area contributed by atoms with E-state index in [1.165, 1.54) is 12.8 Å². The minimum Gasteiger partial charge on any atom is -0.335 e. The minimum absolute atomic E-state index is 0.152. The van der Waals surface area contributed by atoms with Crippen LogP contribution < -0.4 is 5.32 Å². The number of hydrogen-bond donors (Lipinski definition) is 1. The summed E-state index contributed by atoms with van der Waals surface area (Å²) in [5, 5.41) is 3.48. The van der Waals surface area contributed by atoms with E-state index in [0.29, 0.717) is 6.04 Å². The third-order valence-corrected chi connectivity index (χ3v) is 4.60. The Bertz CT molecular complexity index is 456. The van der Waals surface area contributed by atoms with Crippen LogP contribution in [0.2, 0.25) is 0 Å². The van der Waals surface area contributed by atoms with E-state index in [4.69, 9.17) is 0 Å². The van der Waals surface area contributed by atoms with E-state index in [-0.39, 0.29) is 11.9 Å². The molecule has 2 rings (SSSR count). The van der Waals surface area contributed by atoms with Crippen LogP contribution in [0.25, 0.3) is 0 Å². The summed E-state index contributed by atoms with van der Waals surface area (Å²) in [5.74, 6) is 0.152. The zero-order chi connectivity index (χ0) is 14.5. The number of carbonyl (C=O) groups is 1. The van der Waals surface area contributed by atoms with Crippen LogP contribution in [0.4, 0.5) is 0 Å². The van der Waals surface area contributed by atoms with E-state index in [2.05, 4.69) is 19.2 Å². The molecule has 20 heavy (non-hydrogen) atoms. The van der Waals surface area contributed by atoms with Crippen molar-refractivity contribution in [2.75, 3.05) is 19.3 Å². The first-order valence-corrected chi connectivity index (χ1v) is 8.53. The molecule has 1 fully saturated rings. The number of nitrogens with one attached hydrogen (secondary N) is 1. The molecule has 1 aromatic rings. The van der Waals surface area contributed by atoms with Crippen molar-refractivity contribution in [3.05, 3.63) is 29.8 Å². The normalized spacial score (nSPS) is 18.5. The van der Waals surface area contributed by atoms with Crippen LogP contribution in [0.15, 0.2) is 29.2 Å². The smallest absolute Gasteiger partial charge is 0.255 e. The topological polar surface area (TPSA) is 32.3 Å². The molecule has 1 unspecified atom stereocenters. The highest BCUT2D eigenvalue weighted by atomic mass is 32.2. The van der Waals surface area contributed by atoms with E-state index >= 15 is 0 Å². The van der Waals surface area contributed by atoms with Gasteiger partial charge in [0.25, 0.3) is 5.91 Å². The maximum Gasteiger partial charge on any atom is 0.255 e. The number of thioether (sulfide) groups is 1. The van der Waals surface area contributed by atoms with Gasteiger partial charge in [-0.15, -0.1) is 11.8 Å². The predicted octanol–water partition coefficient (Wildman–Crippen LogP) is 3.01. The van der Waals surface area contributed by atoms with Gasteiger partial charge in [0.05, 0.1) is 5.56 Å². The monoisotopic (exact) mass is 292 g/mol. The molecule has 0 aliphatic carbocycles. The highest BCUT2D eigenvalue weighted by Crippen LogP contribution is 2.22. The SMILES string of the molecule is CSc1ccccc1C(=O)N(CC1CCCN1)C(C)C. The minimum atomic E-state index is 0.152. The summed E-state index contributed by atoms with van der Waals surface area (Å²) < 4.78 is 0. The molecule has 0 aromatic heterocycles. The van der Waals surface area contributed by atoms with E-state index in [1.807, 2.05) is 35.4 Å². The van der Waals surface area contributed by atoms with Gasteiger partial charge in [-0.1, -0.05) is 12.1 Å². The Labute approximate surface area is 126 Å². The van der Waals surface area contributed by atoms with Crippen molar-refractivity contribution in [2.24, 2.45) is 0 Å². The summed E-state index contributed by atoms with van der Waals surface area (Å²) in [7, 11) is 0. The lowest BCUT2D eigenvalue weighted by Gasteiger charge is -2.30. The molecule has 1 aromatic carbocycles. The number of rotatable bonds is 5. The number of benzene rings is 1. The van der Waals surface area contributed by atoms with Crippen LogP contribution in [0.1, 0.15) is 37.0 Å². The summed E-state index contributed by atoms with van der Waals surface area (Å²) in [6, 6.07) is 8.55. The highest BCUT2D eigenvalue weighted by Gasteiger charge is 2.25. The standard InChI is InChI=1S/C16H24N2OS/c1-12(2)18(11-13-7-6-10-17-13)16(19)14-8-4-5-9-15(14)20-3/h4-5,8-9,12-13,17H,6-7,10-11H2,1-3H3. The quantitative estimate of drug-likeness (QED) is 0.847. The second-order valence-electron chi connectivity index (χ2n) is 5.54. The van der Waals surface area contributed by atoms with E-state index in [1.54, 1.807) is 11.8 Å². The molecule has 0 bridgehead atoms. The average Bonchev–Trinajstić information content (AvgIpc) is 2.96. The van der Waals surface area contributed by atoms with Crippen molar-refractivity contribution in [3.8, 4) is 0 Å². The van der Waals surface area contributed by atoms with Gasteiger partial charge in [0.1, 0.15) is 0 Å². The van der Waals surface area contributed by atoms with Gasteiger partial charge in [-0.05, 0) is 51.6 Å². The number of nitrogens with zero attached hydrogens (tertiary/aromatic N) is 1. The van der Waals surface area contributed by atoms with Gasteiger partial charge in [0, 0.05) is 23.5 Å². The molecular formula is C16H24N2OS. The number of amides is 1. The van der Waals surface area contributed by atoms with Crippen LogP contribution >= 0.6 is 11.8 Å². The van der Waals surface area contributed by atoms with Crippen LogP contribution in [-0.4, -0.2) is 42.2 Å². The molecule has 0 radical (unpaired) electrons. The van der Waals surface area contributed by atoms with Crippen molar-refractivity contribution in [3.63, 3.8) is 0 Å². The lowest BCUT2D eigenvalue weighted by molar-refractivity contribution is 0.0685. The van der Waals surface area contributed by atoms with Crippen LogP contribution in [0, 0.1) is 0 Å². The maximum absolute atomic E-state index is 12.8. The molecule has 0 saturated carbocycles. The second kappa shape index (κ2) is 7.14. The Hall–Kier alpha value is -1.00. The van der Waals surface area contributed by atoms with Gasteiger partial charge in [0.15, 0.2) is 0 Å². The second-order valence-corrected chi connectivity index (χ2v) is 6.39. The molecule has 3 nitrogen and oxygen atoms in total. The molecule has 4 heteroatoms. The molecule has 1 aliphatic heterocycles. The lowest BCUT2D eigenvalue weighted by atomic mass is 10.1. The Kier molecular flexibility index (Phi) is 5.49. The van der Waals surface area contributed by atoms with Crippen molar-refractivity contribution < 1.29 is 4.79 Å². The van der Waals surface area contributed by atoms with Crippen molar-refractivity contribution in [1.29, 1.82) is 0 Å². The van der Waals surface area contributed by atoms with Crippen molar-refractivity contribution in [1.82, 2.24) is 10.2 Å². The average molecular weight is 292 g/mol. The van der Waals surface area contributed by atoms with E-state index in [9.17, 15) is 4.79 Å². The van der Waals surface area contributed by atoms with Crippen molar-refractivity contribution >= 4 is 17.7 Å². The summed E-state index contributed by atoms with van der Waals surface area (Å²) in [4.78, 5) is 15.9. The fourth-order valence-electron chi connectivity index (χ4n) is 2.65. The Morgan fingerprint density at radius 1 is 1.45 bits per heavy atom. The molecular weight excluding hydrogens is 268 g/mol. The summed E-state index contributed by atoms with van der Waals surface area (Å²) in [5.41, 5.74) is 0.826. The molecule has 1 amide bonds. The number of carbonyl (C=O) groups excluding carboxylic acids is 1. The van der Waals surface area contributed by atoms with E-state index in [0.717, 1.165) is 23.5 Å². The van der Waals surface area contributed by atoms with Gasteiger partial charge >= 0.3 is 0 Å². The third kappa shape index (κ3) is 3.55. The number of hydrogen-bond acceptors (Lipinski definition) is 3. The Balaban J connectivity index is 2.17. The highest BCUT2D eigenvalue weighted by molar-refractivity contribution is 7.98. The third-order valence-electron chi connectivity index (χ3n) is 3.80. The molecule has 1 heterocycles. The van der Waals surface area contributed by atoms with Crippen molar-refractivity contribution in [2.45, 2.75) is 43.7 Å². The first kappa shape index (κ1) is 15.4. The molecule has 110 valence electrons. The first-order chi connectivity index (χ1) is 9.63. The fourth-order valence-corrected chi connectivity index (χ4v) is 3.24. The zero-order valence-electron chi connectivity index (χ0n) is 12.6. The summed E-state index contributed by atoms with van der Waals surface area (Å²) in [6.45, 7) is 6.06. The van der Waals surface area contributed by atoms with Gasteiger partial charge in [-0.2, -0.15) is 0 Å². The molecule has 1 saturated heterocycles. The van der Waals surface area contributed by atoms with Crippen LogP contribution in [0.5, 0.6) is 0 Å². The predicted molar refractivity (Wildman–Crippen MR) is 85.4 cm³/mol. The van der Waals surface area contributed by atoms with E-state index < -0.39 is 0 Å².